The van der Waals surface area contributed by atoms with Crippen LogP contribution in [-0.2, 0) is 19.1 Å². The molecule has 0 aromatic rings. The van der Waals surface area contributed by atoms with Gasteiger partial charge in [0, 0.05) is 4.75 Å². The molecule has 7 nitrogen and oxygen atoms in total. The normalized spacial score (nSPS) is 35.9. The highest BCUT2D eigenvalue weighted by molar-refractivity contribution is 8.01. The van der Waals surface area contributed by atoms with Crippen molar-refractivity contribution in [3.8, 4) is 0 Å². The van der Waals surface area contributed by atoms with Crippen LogP contribution >= 0.6 is 11.8 Å². The van der Waals surface area contributed by atoms with Crippen molar-refractivity contribution < 1.29 is 24.2 Å². The van der Waals surface area contributed by atoms with Gasteiger partial charge in [-0.1, -0.05) is 41.0 Å². The van der Waals surface area contributed by atoms with Crippen LogP contribution < -0.4 is 5.32 Å². The highest BCUT2D eigenvalue weighted by atomic mass is 32.2. The number of carboxylic acid groups (broad SMARTS) is 1. The minimum Gasteiger partial charge on any atom is -0.480 e. The van der Waals surface area contributed by atoms with E-state index >= 15 is 0 Å². The fourth-order valence-corrected chi connectivity index (χ4v) is 7.07. The summed E-state index contributed by atoms with van der Waals surface area (Å²) < 4.78 is 6.01. The van der Waals surface area contributed by atoms with E-state index in [9.17, 15) is 19.5 Å². The van der Waals surface area contributed by atoms with Crippen LogP contribution in [0.1, 0.15) is 74.7 Å². The molecule has 1 saturated carbocycles. The number of β-lactam (4-membered cyclic amide) rings is 1. The number of hydrogen-bond acceptors (Lipinski definition) is 5. The number of carbonyl (C=O) groups is 3. The number of ether oxygens (including phenoxy) is 1. The average molecular weight is 469 g/mol. The van der Waals surface area contributed by atoms with Crippen molar-refractivity contribution in [2.45, 2.75) is 109 Å². The predicted molar refractivity (Wildman–Crippen MR) is 125 cm³/mol. The Kier molecular flexibility index (Phi) is 6.99. The first-order valence-electron chi connectivity index (χ1n) is 11.9. The first-order chi connectivity index (χ1) is 14.7. The summed E-state index contributed by atoms with van der Waals surface area (Å²) in [7, 11) is 0. The van der Waals surface area contributed by atoms with Gasteiger partial charge in [-0.3, -0.25) is 9.59 Å². The molecule has 2 amide bonds. The van der Waals surface area contributed by atoms with Crippen molar-refractivity contribution in [1.82, 2.24) is 10.2 Å². The average Bonchev–Trinajstić information content (AvgIpc) is 2.93. The smallest absolute Gasteiger partial charge is 0.327 e. The Morgan fingerprint density at radius 3 is 2.41 bits per heavy atom. The molecule has 3 aliphatic rings. The Hall–Kier alpha value is -1.28. The van der Waals surface area contributed by atoms with E-state index in [2.05, 4.69) is 26.1 Å². The van der Waals surface area contributed by atoms with Gasteiger partial charge in [0.05, 0.1) is 6.10 Å². The molecule has 32 heavy (non-hydrogen) atoms. The maximum atomic E-state index is 13.5. The molecule has 0 radical (unpaired) electrons. The van der Waals surface area contributed by atoms with Gasteiger partial charge in [-0.2, -0.15) is 0 Å². The summed E-state index contributed by atoms with van der Waals surface area (Å²) in [5.74, 6) is -0.280. The summed E-state index contributed by atoms with van der Waals surface area (Å²) in [6.45, 7) is 16.1. The van der Waals surface area contributed by atoms with Gasteiger partial charge >= 0.3 is 5.97 Å². The molecular formula is C24H40N2O5S. The Labute approximate surface area is 196 Å². The van der Waals surface area contributed by atoms with E-state index < -0.39 is 28.4 Å². The van der Waals surface area contributed by atoms with Crippen LogP contribution in [0.3, 0.4) is 0 Å². The summed E-state index contributed by atoms with van der Waals surface area (Å²) in [6.07, 6.45) is 3.21. The van der Waals surface area contributed by atoms with Gasteiger partial charge in [-0.15, -0.1) is 11.8 Å². The molecule has 0 aromatic heterocycles. The zero-order valence-electron chi connectivity index (χ0n) is 20.7. The minimum atomic E-state index is -1.07. The highest BCUT2D eigenvalue weighted by Crippen LogP contribution is 2.51. The Morgan fingerprint density at radius 1 is 1.25 bits per heavy atom. The van der Waals surface area contributed by atoms with Gasteiger partial charge in [0.2, 0.25) is 5.91 Å². The van der Waals surface area contributed by atoms with Crippen LogP contribution in [-0.4, -0.2) is 61.7 Å². The molecule has 2 saturated heterocycles. The topological polar surface area (TPSA) is 95.9 Å². The van der Waals surface area contributed by atoms with Crippen molar-refractivity contribution in [2.24, 2.45) is 23.7 Å². The molecule has 8 heteroatoms. The van der Waals surface area contributed by atoms with E-state index in [-0.39, 0.29) is 29.2 Å². The summed E-state index contributed by atoms with van der Waals surface area (Å²) in [4.78, 5) is 39.5. The molecular weight excluding hydrogens is 428 g/mol. The maximum Gasteiger partial charge on any atom is 0.327 e. The fraction of sp³-hybridized carbons (Fsp3) is 0.875. The third-order valence-electron chi connectivity index (χ3n) is 7.87. The number of carbonyl (C=O) groups excluding carboxylic acids is 2. The van der Waals surface area contributed by atoms with E-state index in [1.54, 1.807) is 0 Å². The van der Waals surface area contributed by atoms with E-state index in [1.165, 1.54) is 23.1 Å². The molecule has 0 unspecified atom stereocenters. The number of nitrogens with zero attached hydrogens (tertiary/aromatic N) is 1. The number of nitrogens with one attached hydrogen (secondary N) is 1. The summed E-state index contributed by atoms with van der Waals surface area (Å²) in [5, 5.41) is 12.2. The number of aliphatic carboxylic acids is 1. The summed E-state index contributed by atoms with van der Waals surface area (Å²) in [6, 6.07) is -1.61. The molecule has 3 fully saturated rings. The van der Waals surface area contributed by atoms with Crippen LogP contribution in [0.4, 0.5) is 0 Å². The largest absolute Gasteiger partial charge is 0.480 e. The lowest BCUT2D eigenvalue weighted by Crippen LogP contribution is -2.72. The van der Waals surface area contributed by atoms with E-state index in [4.69, 9.17) is 4.74 Å². The quantitative estimate of drug-likeness (QED) is 0.555. The summed E-state index contributed by atoms with van der Waals surface area (Å²) in [5.41, 5.74) is -1.07. The Bertz CT molecular complexity index is 769. The number of carboxylic acids is 1. The molecule has 2 heterocycles. The molecule has 2 aliphatic heterocycles. The number of fused-ring (bicyclic) bond motifs is 1. The lowest BCUT2D eigenvalue weighted by Gasteiger charge is -2.47. The number of amides is 2. The second-order valence-electron chi connectivity index (χ2n) is 11.3. The van der Waals surface area contributed by atoms with Crippen LogP contribution in [0.2, 0.25) is 0 Å². The molecule has 0 aromatic carbocycles. The van der Waals surface area contributed by atoms with Crippen molar-refractivity contribution >= 4 is 29.5 Å². The first kappa shape index (κ1) is 25.3. The number of thioether (sulfide) groups is 1. The maximum absolute atomic E-state index is 13.5. The standard InChI is InChI=1S/C24H40N2O5S/c1-12(2)15-10-9-14(5)11-16(15)31-24(8,13(3)4)22(30)25-17-19(27)26-18(21(28)29)23(6,7)32-20(17)26/h12-18,20H,9-11H2,1-8H3,(H,25,30)(H,28,29)/t14-,15-,16-,17+,18-,20+,24+/m0/s1. The second-order valence-corrected chi connectivity index (χ2v) is 13.1. The van der Waals surface area contributed by atoms with E-state index in [0.29, 0.717) is 17.8 Å². The second kappa shape index (κ2) is 8.82. The predicted octanol–water partition coefficient (Wildman–Crippen LogP) is 3.51. The van der Waals surface area contributed by atoms with Gasteiger partial charge in [-0.25, -0.2) is 4.79 Å². The number of rotatable bonds is 7. The van der Waals surface area contributed by atoms with Crippen molar-refractivity contribution in [2.75, 3.05) is 0 Å². The van der Waals surface area contributed by atoms with Gasteiger partial charge < -0.3 is 20.1 Å². The highest BCUT2D eigenvalue weighted by Gasteiger charge is 2.64. The lowest BCUT2D eigenvalue weighted by molar-refractivity contribution is -0.179. The molecule has 0 spiro atoms. The number of hydrogen-bond donors (Lipinski definition) is 2. The van der Waals surface area contributed by atoms with Crippen molar-refractivity contribution in [3.05, 3.63) is 0 Å². The van der Waals surface area contributed by atoms with Gasteiger partial charge in [-0.05, 0) is 57.3 Å². The Balaban J connectivity index is 1.76. The minimum absolute atomic E-state index is 0.00155. The SMILES string of the molecule is CC(C)[C@@H]1CC[C@H](C)C[C@@H]1O[C@@](C)(C(=O)N[C@@H]1C(=O)N2[C@@H]1SC(C)(C)[C@@H]2C(=O)O)C(C)C. The van der Waals surface area contributed by atoms with Crippen LogP contribution in [0.5, 0.6) is 0 Å². The third-order valence-corrected chi connectivity index (χ3v) is 9.44. The third kappa shape index (κ3) is 4.29. The zero-order chi connectivity index (χ0) is 24.2. The Morgan fingerprint density at radius 2 is 1.88 bits per heavy atom. The van der Waals surface area contributed by atoms with Gasteiger partial charge in [0.15, 0.2) is 0 Å². The van der Waals surface area contributed by atoms with Crippen LogP contribution in [0, 0.1) is 23.7 Å². The van der Waals surface area contributed by atoms with Crippen molar-refractivity contribution in [3.63, 3.8) is 0 Å². The lowest BCUT2D eigenvalue weighted by atomic mass is 9.75. The molecule has 0 bridgehead atoms. The van der Waals surface area contributed by atoms with Crippen LogP contribution in [0.15, 0.2) is 0 Å². The molecule has 7 atom stereocenters. The van der Waals surface area contributed by atoms with Crippen molar-refractivity contribution in [1.29, 1.82) is 0 Å². The summed E-state index contributed by atoms with van der Waals surface area (Å²) >= 11 is 1.44. The monoisotopic (exact) mass is 468 g/mol. The van der Waals surface area contributed by atoms with Gasteiger partial charge in [0.25, 0.3) is 5.91 Å². The van der Waals surface area contributed by atoms with E-state index in [0.717, 1.165) is 12.8 Å². The van der Waals surface area contributed by atoms with E-state index in [1.807, 2.05) is 34.6 Å². The molecule has 1 aliphatic carbocycles. The van der Waals surface area contributed by atoms with Crippen LogP contribution in [0.25, 0.3) is 0 Å². The zero-order valence-corrected chi connectivity index (χ0v) is 21.5. The first-order valence-corrected chi connectivity index (χ1v) is 12.8. The molecule has 2 N–H and O–H groups in total. The molecule has 3 rings (SSSR count). The fourth-order valence-electron chi connectivity index (χ4n) is 5.45. The van der Waals surface area contributed by atoms with Gasteiger partial charge in [0.1, 0.15) is 23.1 Å². The molecule has 182 valence electrons.